The molecule has 0 aromatic heterocycles. The van der Waals surface area contributed by atoms with Crippen LogP contribution in [0.5, 0.6) is 11.5 Å². The molecule has 0 spiro atoms. The van der Waals surface area contributed by atoms with Crippen LogP contribution in [0.25, 0.3) is 11.1 Å². The van der Waals surface area contributed by atoms with Gasteiger partial charge in [0.05, 0.1) is 27.4 Å². The summed E-state index contributed by atoms with van der Waals surface area (Å²) in [5.41, 5.74) is 6.04. The summed E-state index contributed by atoms with van der Waals surface area (Å²) in [7, 11) is 3.30. The second kappa shape index (κ2) is 14.0. The Morgan fingerprint density at radius 1 is 0.659 bits per heavy atom. The zero-order valence-electron chi connectivity index (χ0n) is 24.5. The first-order valence-corrected chi connectivity index (χ1v) is 14.2. The molecular weight excluding hydrogens is 516 g/mol. The van der Waals surface area contributed by atoms with E-state index in [1.54, 1.807) is 26.4 Å². The molecule has 0 heterocycles. The molecule has 6 nitrogen and oxygen atoms in total. The SMILES string of the molecule is COc1ccc(C2=CC(=CC(=O)OCC(C)(C)COC(=O)C=C3C=C(c4ccc(OC)cc4)CCC3)CCC2)cc1. The van der Waals surface area contributed by atoms with E-state index in [-0.39, 0.29) is 25.2 Å². The van der Waals surface area contributed by atoms with E-state index in [0.29, 0.717) is 0 Å². The van der Waals surface area contributed by atoms with Gasteiger partial charge < -0.3 is 18.9 Å². The van der Waals surface area contributed by atoms with Crippen molar-refractivity contribution in [2.45, 2.75) is 52.4 Å². The minimum atomic E-state index is -0.518. The molecule has 0 saturated carbocycles. The van der Waals surface area contributed by atoms with E-state index >= 15 is 0 Å². The second-order valence-electron chi connectivity index (χ2n) is 11.3. The summed E-state index contributed by atoms with van der Waals surface area (Å²) < 4.78 is 21.6. The van der Waals surface area contributed by atoms with Gasteiger partial charge in [0.2, 0.25) is 0 Å². The molecule has 2 aliphatic rings. The Balaban J connectivity index is 1.28. The predicted molar refractivity (Wildman–Crippen MR) is 162 cm³/mol. The summed E-state index contributed by atoms with van der Waals surface area (Å²) in [5, 5.41) is 0. The van der Waals surface area contributed by atoms with Gasteiger partial charge in [0, 0.05) is 17.6 Å². The lowest BCUT2D eigenvalue weighted by Gasteiger charge is -2.23. The van der Waals surface area contributed by atoms with E-state index in [4.69, 9.17) is 18.9 Å². The Morgan fingerprint density at radius 3 is 1.41 bits per heavy atom. The molecular formula is C35H40O6. The summed E-state index contributed by atoms with van der Waals surface area (Å²) in [4.78, 5) is 25.2. The fourth-order valence-corrected chi connectivity index (χ4v) is 4.96. The van der Waals surface area contributed by atoms with Crippen molar-refractivity contribution in [3.05, 3.63) is 95.1 Å². The van der Waals surface area contributed by atoms with Crippen LogP contribution < -0.4 is 9.47 Å². The number of benzene rings is 2. The average molecular weight is 557 g/mol. The van der Waals surface area contributed by atoms with Crippen LogP contribution in [0.3, 0.4) is 0 Å². The van der Waals surface area contributed by atoms with Gasteiger partial charge >= 0.3 is 11.9 Å². The van der Waals surface area contributed by atoms with Crippen molar-refractivity contribution in [2.75, 3.05) is 27.4 Å². The fraction of sp³-hybridized carbons (Fsp3) is 0.371. The molecule has 0 saturated heterocycles. The molecule has 0 aliphatic heterocycles. The van der Waals surface area contributed by atoms with Crippen LogP contribution in [0, 0.1) is 5.41 Å². The standard InChI is InChI=1S/C35H40O6/c1-35(2,23-40-33(36)21-25-7-5-9-29(19-25)27-11-15-31(38-3)16-12-27)24-41-34(37)22-26-8-6-10-30(20-26)28-13-17-32(39-4)18-14-28/h11-22H,5-10,23-24H2,1-4H3. The topological polar surface area (TPSA) is 71.1 Å². The quantitative estimate of drug-likeness (QED) is 0.223. The van der Waals surface area contributed by atoms with Crippen molar-refractivity contribution in [1.82, 2.24) is 0 Å². The number of allylic oxidation sites excluding steroid dienone is 6. The predicted octanol–water partition coefficient (Wildman–Crippen LogP) is 7.50. The van der Waals surface area contributed by atoms with Crippen LogP contribution in [0.2, 0.25) is 0 Å². The average Bonchev–Trinajstić information content (AvgIpc) is 2.99. The third-order valence-electron chi connectivity index (χ3n) is 7.28. The molecule has 4 rings (SSSR count). The molecule has 2 aliphatic carbocycles. The highest BCUT2D eigenvalue weighted by atomic mass is 16.5. The largest absolute Gasteiger partial charge is 0.497 e. The summed E-state index contributed by atoms with van der Waals surface area (Å²) in [6, 6.07) is 15.9. The highest BCUT2D eigenvalue weighted by molar-refractivity contribution is 5.85. The van der Waals surface area contributed by atoms with Gasteiger partial charge in [-0.3, -0.25) is 0 Å². The van der Waals surface area contributed by atoms with Crippen LogP contribution >= 0.6 is 0 Å². The fourth-order valence-electron chi connectivity index (χ4n) is 4.96. The summed E-state index contributed by atoms with van der Waals surface area (Å²) >= 11 is 0. The van der Waals surface area contributed by atoms with Crippen molar-refractivity contribution in [3.63, 3.8) is 0 Å². The second-order valence-corrected chi connectivity index (χ2v) is 11.3. The van der Waals surface area contributed by atoms with Crippen molar-refractivity contribution >= 4 is 23.1 Å². The summed E-state index contributed by atoms with van der Waals surface area (Å²) in [6.45, 7) is 4.13. The molecule has 0 atom stereocenters. The molecule has 0 N–H and O–H groups in total. The molecule has 0 amide bonds. The van der Waals surface area contributed by atoms with Gasteiger partial charge in [-0.2, -0.15) is 0 Å². The van der Waals surface area contributed by atoms with Crippen LogP contribution in [0.4, 0.5) is 0 Å². The number of hydrogen-bond acceptors (Lipinski definition) is 6. The van der Waals surface area contributed by atoms with E-state index in [2.05, 4.69) is 12.2 Å². The van der Waals surface area contributed by atoms with Crippen LogP contribution in [-0.2, 0) is 19.1 Å². The third kappa shape index (κ3) is 8.97. The Kier molecular flexibility index (Phi) is 10.2. The van der Waals surface area contributed by atoms with Crippen LogP contribution in [0.15, 0.2) is 84.0 Å². The molecule has 0 bridgehead atoms. The molecule has 2 aromatic carbocycles. The van der Waals surface area contributed by atoms with E-state index in [0.717, 1.165) is 72.3 Å². The number of hydrogen-bond donors (Lipinski definition) is 0. The maximum absolute atomic E-state index is 12.6. The Morgan fingerprint density at radius 2 is 1.05 bits per heavy atom. The smallest absolute Gasteiger partial charge is 0.331 e. The number of methoxy groups -OCH3 is 2. The zero-order chi connectivity index (χ0) is 29.2. The molecule has 2 aromatic rings. The highest BCUT2D eigenvalue weighted by Gasteiger charge is 2.23. The van der Waals surface area contributed by atoms with Gasteiger partial charge in [0.15, 0.2) is 0 Å². The van der Waals surface area contributed by atoms with Crippen molar-refractivity contribution in [2.24, 2.45) is 5.41 Å². The number of carbonyl (C=O) groups is 2. The first-order chi connectivity index (χ1) is 19.7. The number of ether oxygens (including phenoxy) is 4. The van der Waals surface area contributed by atoms with E-state index < -0.39 is 5.41 Å². The number of esters is 2. The number of rotatable bonds is 10. The van der Waals surface area contributed by atoms with Gasteiger partial charge in [-0.25, -0.2) is 9.59 Å². The summed E-state index contributed by atoms with van der Waals surface area (Å²) in [5.74, 6) is 0.873. The maximum Gasteiger partial charge on any atom is 0.331 e. The van der Waals surface area contributed by atoms with Crippen molar-refractivity contribution < 1.29 is 28.5 Å². The summed E-state index contributed by atoms with van der Waals surface area (Å²) in [6.07, 6.45) is 12.8. The van der Waals surface area contributed by atoms with Gasteiger partial charge in [-0.1, -0.05) is 50.3 Å². The molecule has 0 unspecified atom stereocenters. The van der Waals surface area contributed by atoms with Crippen molar-refractivity contribution in [1.29, 1.82) is 0 Å². The van der Waals surface area contributed by atoms with Gasteiger partial charge in [0.1, 0.15) is 11.5 Å². The number of carbonyl (C=O) groups excluding carboxylic acids is 2. The van der Waals surface area contributed by atoms with E-state index in [1.165, 1.54) is 11.1 Å². The van der Waals surface area contributed by atoms with E-state index in [9.17, 15) is 9.59 Å². The van der Waals surface area contributed by atoms with E-state index in [1.807, 2.05) is 62.4 Å². The van der Waals surface area contributed by atoms with Crippen molar-refractivity contribution in [3.8, 4) is 11.5 Å². The normalized spacial score (nSPS) is 17.5. The highest BCUT2D eigenvalue weighted by Crippen LogP contribution is 2.32. The minimum Gasteiger partial charge on any atom is -0.497 e. The Labute approximate surface area is 243 Å². The maximum atomic E-state index is 12.6. The third-order valence-corrected chi connectivity index (χ3v) is 7.28. The lowest BCUT2D eigenvalue weighted by atomic mass is 9.90. The first kappa shape index (κ1) is 29.9. The van der Waals surface area contributed by atoms with Gasteiger partial charge in [-0.15, -0.1) is 0 Å². The molecule has 41 heavy (non-hydrogen) atoms. The molecule has 0 radical (unpaired) electrons. The lowest BCUT2D eigenvalue weighted by Crippen LogP contribution is -2.28. The van der Waals surface area contributed by atoms with Gasteiger partial charge in [-0.05, 0) is 96.2 Å². The van der Waals surface area contributed by atoms with Gasteiger partial charge in [0.25, 0.3) is 0 Å². The molecule has 0 fully saturated rings. The molecule has 6 heteroatoms. The monoisotopic (exact) mass is 556 g/mol. The van der Waals surface area contributed by atoms with Crippen LogP contribution in [-0.4, -0.2) is 39.4 Å². The Hall–Kier alpha value is -4.06. The first-order valence-electron chi connectivity index (χ1n) is 14.2. The minimum absolute atomic E-state index is 0.149. The zero-order valence-corrected chi connectivity index (χ0v) is 24.5. The lowest BCUT2D eigenvalue weighted by molar-refractivity contribution is -0.146. The van der Waals surface area contributed by atoms with Crippen LogP contribution in [0.1, 0.15) is 63.5 Å². The Bertz CT molecular complexity index is 1240. The molecule has 216 valence electrons.